The van der Waals surface area contributed by atoms with Gasteiger partial charge in [-0.1, -0.05) is 55.8 Å². The molecule has 6 heteroatoms. The van der Waals surface area contributed by atoms with Crippen LogP contribution in [0.5, 0.6) is 0 Å². The number of aliphatic hydroxyl groups is 1. The highest BCUT2D eigenvalue weighted by atomic mass is 35.5. The fourth-order valence-electron chi connectivity index (χ4n) is 5.24. The minimum Gasteiger partial charge on any atom is -0.481 e. The van der Waals surface area contributed by atoms with Crippen LogP contribution in [0.1, 0.15) is 73.5 Å². The normalized spacial score (nSPS) is 18.0. The molecular weight excluding hydrogens is 462 g/mol. The van der Waals surface area contributed by atoms with E-state index in [9.17, 15) is 9.90 Å². The van der Waals surface area contributed by atoms with E-state index < -0.39 is 12.1 Å². The molecule has 0 bridgehead atoms. The van der Waals surface area contributed by atoms with Gasteiger partial charge in [-0.2, -0.15) is 0 Å². The van der Waals surface area contributed by atoms with Crippen LogP contribution >= 0.6 is 11.6 Å². The Kier molecular flexibility index (Phi) is 10.6. The number of halogens is 1. The lowest BCUT2D eigenvalue weighted by atomic mass is 9.93. The van der Waals surface area contributed by atoms with Crippen molar-refractivity contribution in [2.24, 2.45) is 0 Å². The Balaban J connectivity index is 1.58. The summed E-state index contributed by atoms with van der Waals surface area (Å²) in [4.78, 5) is 13.5. The smallest absolute Gasteiger partial charge is 0.303 e. The van der Waals surface area contributed by atoms with E-state index in [1.165, 1.54) is 11.1 Å². The molecule has 1 heterocycles. The monoisotopic (exact) mass is 501 g/mol. The molecule has 5 nitrogen and oxygen atoms in total. The van der Waals surface area contributed by atoms with Crippen LogP contribution in [0.15, 0.2) is 36.4 Å². The predicted octanol–water partition coefficient (Wildman–Crippen LogP) is 5.76. The molecular formula is C29H40ClNO4. The van der Waals surface area contributed by atoms with Crippen LogP contribution < -0.4 is 0 Å². The van der Waals surface area contributed by atoms with Gasteiger partial charge in [0.1, 0.15) is 0 Å². The lowest BCUT2D eigenvalue weighted by molar-refractivity contribution is -0.136. The van der Waals surface area contributed by atoms with Gasteiger partial charge in [-0.25, -0.2) is 0 Å². The molecule has 0 aromatic heterocycles. The van der Waals surface area contributed by atoms with E-state index in [1.807, 2.05) is 31.2 Å². The van der Waals surface area contributed by atoms with Crippen LogP contribution in [0.4, 0.5) is 0 Å². The molecule has 2 N–H and O–H groups in total. The molecule has 1 unspecified atom stereocenters. The molecule has 0 spiro atoms. The second kappa shape index (κ2) is 13.4. The number of ether oxygens (including phenoxy) is 1. The SMILES string of the molecule is CCc1cc(C[C@@H]2CCCN2CC(O)CO[C@H](CC)c2cccc(C)c2CCC(=O)O)ccc1Cl. The Bertz CT molecular complexity index is 979. The van der Waals surface area contributed by atoms with Gasteiger partial charge in [0.25, 0.3) is 0 Å². The first-order valence-corrected chi connectivity index (χ1v) is 13.3. The highest BCUT2D eigenvalue weighted by Gasteiger charge is 2.27. The van der Waals surface area contributed by atoms with Crippen LogP contribution in [0.2, 0.25) is 5.02 Å². The van der Waals surface area contributed by atoms with Crippen LogP contribution in [-0.2, 0) is 28.8 Å². The molecule has 0 saturated carbocycles. The van der Waals surface area contributed by atoms with Crippen molar-refractivity contribution < 1.29 is 19.7 Å². The first-order valence-electron chi connectivity index (χ1n) is 12.9. The number of aryl methyl sites for hydroxylation is 2. The van der Waals surface area contributed by atoms with Crippen molar-refractivity contribution in [2.45, 2.75) is 84.0 Å². The molecule has 1 saturated heterocycles. The third-order valence-electron chi connectivity index (χ3n) is 7.15. The first-order chi connectivity index (χ1) is 16.8. The zero-order valence-corrected chi connectivity index (χ0v) is 22.1. The number of benzene rings is 2. The summed E-state index contributed by atoms with van der Waals surface area (Å²) in [6, 6.07) is 12.8. The number of carboxylic acids is 1. The minimum absolute atomic E-state index is 0.0978. The standard InChI is InChI=1S/C29H40ClNO4/c1-4-22-16-21(11-13-27(22)30)17-23-9-7-15-31(23)18-24(32)19-35-28(5-2)26-10-6-8-20(3)25(26)12-14-29(33)34/h6,8,10-11,13,16,23-24,28,32H,4-5,7,9,12,14-15,17-19H2,1-3H3,(H,33,34)/t23-,24?,28+/m0/s1. The van der Waals surface area contributed by atoms with Gasteiger partial charge >= 0.3 is 5.97 Å². The maximum Gasteiger partial charge on any atom is 0.303 e. The molecule has 3 atom stereocenters. The molecule has 0 aliphatic carbocycles. The summed E-state index contributed by atoms with van der Waals surface area (Å²) in [6.07, 6.45) is 4.77. The van der Waals surface area contributed by atoms with E-state index in [2.05, 4.69) is 30.9 Å². The summed E-state index contributed by atoms with van der Waals surface area (Å²) >= 11 is 6.29. The summed E-state index contributed by atoms with van der Waals surface area (Å²) < 4.78 is 6.21. The number of hydrogen-bond acceptors (Lipinski definition) is 4. The highest BCUT2D eigenvalue weighted by molar-refractivity contribution is 6.31. The topological polar surface area (TPSA) is 70.0 Å². The van der Waals surface area contributed by atoms with E-state index in [-0.39, 0.29) is 19.1 Å². The molecule has 192 valence electrons. The van der Waals surface area contributed by atoms with Crippen LogP contribution in [0.25, 0.3) is 0 Å². The van der Waals surface area contributed by atoms with E-state index in [0.29, 0.717) is 19.0 Å². The molecule has 1 fully saturated rings. The first kappa shape index (κ1) is 27.7. The Hall–Kier alpha value is -1.92. The number of likely N-dealkylation sites (tertiary alicyclic amines) is 1. The van der Waals surface area contributed by atoms with Gasteiger partial charge in [0, 0.05) is 24.0 Å². The molecule has 35 heavy (non-hydrogen) atoms. The number of carbonyl (C=O) groups is 1. The number of hydrogen-bond donors (Lipinski definition) is 2. The van der Waals surface area contributed by atoms with Gasteiger partial charge in [0.05, 0.1) is 18.8 Å². The average Bonchev–Trinajstić information content (AvgIpc) is 3.26. The molecule has 3 rings (SSSR count). The fraction of sp³-hybridized carbons (Fsp3) is 0.552. The van der Waals surface area contributed by atoms with Crippen molar-refractivity contribution in [2.75, 3.05) is 19.7 Å². The van der Waals surface area contributed by atoms with Gasteiger partial charge in [-0.3, -0.25) is 9.69 Å². The summed E-state index contributed by atoms with van der Waals surface area (Å²) in [5.74, 6) is -0.798. The van der Waals surface area contributed by atoms with Crippen molar-refractivity contribution in [1.82, 2.24) is 4.90 Å². The van der Waals surface area contributed by atoms with Crippen molar-refractivity contribution in [1.29, 1.82) is 0 Å². The highest BCUT2D eigenvalue weighted by Crippen LogP contribution is 2.29. The Morgan fingerprint density at radius 1 is 1.26 bits per heavy atom. The molecule has 0 radical (unpaired) electrons. The number of aliphatic carboxylic acids is 1. The number of rotatable bonds is 13. The molecule has 1 aliphatic heterocycles. The number of nitrogens with zero attached hydrogens (tertiary/aromatic N) is 1. The number of carboxylic acid groups (broad SMARTS) is 1. The second-order valence-corrected chi connectivity index (χ2v) is 10.1. The predicted molar refractivity (Wildman–Crippen MR) is 141 cm³/mol. The third kappa shape index (κ3) is 7.78. The maximum absolute atomic E-state index is 11.1. The van der Waals surface area contributed by atoms with Gasteiger partial charge in [0.15, 0.2) is 0 Å². The van der Waals surface area contributed by atoms with Crippen LogP contribution in [0, 0.1) is 6.92 Å². The number of β-amino-alcohol motifs (C(OH)–C–C–N with tert-alkyl or cyclic N) is 1. The Morgan fingerprint density at radius 3 is 2.77 bits per heavy atom. The summed E-state index contributed by atoms with van der Waals surface area (Å²) in [5.41, 5.74) is 5.65. The van der Waals surface area contributed by atoms with Gasteiger partial charge in [-0.05, 0) is 85.9 Å². The minimum atomic E-state index is -0.798. The lowest BCUT2D eigenvalue weighted by Gasteiger charge is -2.28. The van der Waals surface area contributed by atoms with E-state index in [4.69, 9.17) is 21.4 Å². The van der Waals surface area contributed by atoms with Crippen LogP contribution in [-0.4, -0.2) is 52.9 Å². The van der Waals surface area contributed by atoms with Crippen molar-refractivity contribution in [3.8, 4) is 0 Å². The summed E-state index contributed by atoms with van der Waals surface area (Å²) in [5, 5.41) is 20.8. The van der Waals surface area contributed by atoms with Crippen molar-refractivity contribution >= 4 is 17.6 Å². The second-order valence-electron chi connectivity index (χ2n) is 9.69. The Labute approximate surface area is 215 Å². The molecule has 0 amide bonds. The van der Waals surface area contributed by atoms with E-state index in [1.54, 1.807) is 0 Å². The summed E-state index contributed by atoms with van der Waals surface area (Å²) in [7, 11) is 0. The maximum atomic E-state index is 11.1. The molecule has 1 aliphatic rings. The molecule has 2 aromatic carbocycles. The van der Waals surface area contributed by atoms with E-state index >= 15 is 0 Å². The van der Waals surface area contributed by atoms with Gasteiger partial charge < -0.3 is 14.9 Å². The van der Waals surface area contributed by atoms with Crippen molar-refractivity contribution in [3.63, 3.8) is 0 Å². The third-order valence-corrected chi connectivity index (χ3v) is 7.52. The average molecular weight is 502 g/mol. The quantitative estimate of drug-likeness (QED) is 0.365. The molecule has 2 aromatic rings. The zero-order chi connectivity index (χ0) is 25.4. The van der Waals surface area contributed by atoms with Crippen molar-refractivity contribution in [3.05, 3.63) is 69.2 Å². The summed E-state index contributed by atoms with van der Waals surface area (Å²) in [6.45, 7) is 8.04. The fourth-order valence-corrected chi connectivity index (χ4v) is 5.49. The largest absolute Gasteiger partial charge is 0.481 e. The van der Waals surface area contributed by atoms with Crippen LogP contribution in [0.3, 0.4) is 0 Å². The lowest BCUT2D eigenvalue weighted by Crippen LogP contribution is -2.39. The zero-order valence-electron chi connectivity index (χ0n) is 21.3. The van der Waals surface area contributed by atoms with E-state index in [0.717, 1.165) is 60.4 Å². The van der Waals surface area contributed by atoms with Gasteiger partial charge in [-0.15, -0.1) is 0 Å². The van der Waals surface area contributed by atoms with Gasteiger partial charge in [0.2, 0.25) is 0 Å². The Morgan fingerprint density at radius 2 is 2.06 bits per heavy atom. The number of aliphatic hydroxyl groups excluding tert-OH is 1.